The van der Waals surface area contributed by atoms with E-state index in [4.69, 9.17) is 0 Å². The molecule has 0 bridgehead atoms. The number of benzene rings is 2. The molecule has 1 N–H and O–H groups in total. The molecule has 3 heterocycles. The maximum Gasteiger partial charge on any atom is 0.226 e. The zero-order valence-electron chi connectivity index (χ0n) is 20.5. The summed E-state index contributed by atoms with van der Waals surface area (Å²) in [4.78, 5) is 21.6. The number of carbonyl (C=O) groups excluding carboxylic acids is 1. The zero-order valence-corrected chi connectivity index (χ0v) is 20.5. The first-order chi connectivity index (χ1) is 17.2. The third-order valence-corrected chi connectivity index (χ3v) is 8.82. The Morgan fingerprint density at radius 1 is 0.971 bits per heavy atom. The van der Waals surface area contributed by atoms with Gasteiger partial charge in [0.1, 0.15) is 5.82 Å². The molecule has 2 fully saturated rings. The molecule has 0 radical (unpaired) electrons. The van der Waals surface area contributed by atoms with Crippen LogP contribution < -0.4 is 0 Å². The minimum Gasteiger partial charge on any atom is -0.361 e. The van der Waals surface area contributed by atoms with Crippen molar-refractivity contribution in [2.24, 2.45) is 5.92 Å². The minimum atomic E-state index is -0.166. The summed E-state index contributed by atoms with van der Waals surface area (Å²) < 4.78 is 13.8. The predicted molar refractivity (Wildman–Crippen MR) is 138 cm³/mol. The van der Waals surface area contributed by atoms with Crippen LogP contribution in [0.15, 0.2) is 48.7 Å². The second-order valence-electron chi connectivity index (χ2n) is 10.8. The molecule has 6 rings (SSSR count). The van der Waals surface area contributed by atoms with Gasteiger partial charge in [-0.1, -0.05) is 37.1 Å². The lowest BCUT2D eigenvalue weighted by Gasteiger charge is -2.40. The summed E-state index contributed by atoms with van der Waals surface area (Å²) in [5.74, 6) is 0.935. The summed E-state index contributed by atoms with van der Waals surface area (Å²) in [7, 11) is 0. The Kier molecular flexibility index (Phi) is 6.36. The molecule has 0 spiro atoms. The summed E-state index contributed by atoms with van der Waals surface area (Å²) in [5, 5.41) is 1.03. The monoisotopic (exact) mass is 473 g/mol. The number of nitrogens with one attached hydrogen (secondary N) is 1. The fraction of sp³-hybridized carbons (Fsp3) is 0.500. The number of piperidine rings is 1. The van der Waals surface area contributed by atoms with Crippen molar-refractivity contribution in [3.63, 3.8) is 0 Å². The van der Waals surface area contributed by atoms with E-state index < -0.39 is 0 Å². The van der Waals surface area contributed by atoms with Gasteiger partial charge in [0.25, 0.3) is 0 Å². The molecule has 1 unspecified atom stereocenters. The lowest BCUT2D eigenvalue weighted by Crippen LogP contribution is -2.44. The van der Waals surface area contributed by atoms with Crippen LogP contribution in [-0.2, 0) is 11.2 Å². The maximum atomic E-state index is 13.8. The first-order valence-corrected chi connectivity index (χ1v) is 13.5. The Labute approximate surface area is 207 Å². The number of nitrogens with zero attached hydrogens (tertiary/aromatic N) is 2. The maximum absolute atomic E-state index is 13.8. The highest BCUT2D eigenvalue weighted by atomic mass is 19.1. The van der Waals surface area contributed by atoms with Gasteiger partial charge in [-0.3, -0.25) is 4.79 Å². The molecule has 1 atom stereocenters. The lowest BCUT2D eigenvalue weighted by atomic mass is 9.87. The minimum absolute atomic E-state index is 0.166. The van der Waals surface area contributed by atoms with Crippen LogP contribution in [0.1, 0.15) is 73.6 Å². The molecule has 35 heavy (non-hydrogen) atoms. The van der Waals surface area contributed by atoms with E-state index in [-0.39, 0.29) is 17.8 Å². The topological polar surface area (TPSA) is 39.3 Å². The van der Waals surface area contributed by atoms with Gasteiger partial charge in [0, 0.05) is 36.1 Å². The summed E-state index contributed by atoms with van der Waals surface area (Å²) in [6.07, 6.45) is 10.8. The fourth-order valence-corrected chi connectivity index (χ4v) is 6.86. The van der Waals surface area contributed by atoms with Gasteiger partial charge in [-0.2, -0.15) is 0 Å². The van der Waals surface area contributed by atoms with E-state index in [1.54, 1.807) is 6.07 Å². The van der Waals surface area contributed by atoms with Crippen LogP contribution >= 0.6 is 0 Å². The third-order valence-electron chi connectivity index (χ3n) is 8.82. The number of rotatable bonds is 5. The number of carbonyl (C=O) groups is 1. The molecule has 1 aromatic heterocycles. The number of likely N-dealkylation sites (tertiary alicyclic amines) is 1. The SMILES string of the molecule is O=C(C1CCCC1)N1CCc2ccccc2C1CCN1CCC(c2c[nH]c3ccc(F)cc23)CC1. The number of aromatic nitrogens is 1. The van der Waals surface area contributed by atoms with E-state index in [2.05, 4.69) is 45.2 Å². The van der Waals surface area contributed by atoms with Crippen LogP contribution in [0.3, 0.4) is 0 Å². The Balaban J connectivity index is 1.12. The molecule has 3 aromatic rings. The molecule has 4 nitrogen and oxygen atoms in total. The van der Waals surface area contributed by atoms with Crippen molar-refractivity contribution in [2.75, 3.05) is 26.2 Å². The Morgan fingerprint density at radius 3 is 2.60 bits per heavy atom. The van der Waals surface area contributed by atoms with E-state index >= 15 is 0 Å². The lowest BCUT2D eigenvalue weighted by molar-refractivity contribution is -0.138. The van der Waals surface area contributed by atoms with Gasteiger partial charge < -0.3 is 14.8 Å². The molecule has 184 valence electrons. The van der Waals surface area contributed by atoms with Crippen molar-refractivity contribution in [1.82, 2.24) is 14.8 Å². The molecular formula is C30H36FN3O. The number of aromatic amines is 1. The zero-order chi connectivity index (χ0) is 23.8. The number of halogens is 1. The van der Waals surface area contributed by atoms with Crippen LogP contribution in [0.25, 0.3) is 10.9 Å². The van der Waals surface area contributed by atoms with Gasteiger partial charge in [-0.25, -0.2) is 4.39 Å². The van der Waals surface area contributed by atoms with Crippen LogP contribution in [0.5, 0.6) is 0 Å². The summed E-state index contributed by atoms with van der Waals surface area (Å²) in [6.45, 7) is 3.98. The Morgan fingerprint density at radius 2 is 1.77 bits per heavy atom. The highest BCUT2D eigenvalue weighted by Crippen LogP contribution is 2.37. The average molecular weight is 474 g/mol. The Hall–Kier alpha value is -2.66. The van der Waals surface area contributed by atoms with Crippen molar-refractivity contribution < 1.29 is 9.18 Å². The van der Waals surface area contributed by atoms with Gasteiger partial charge in [0.2, 0.25) is 5.91 Å². The van der Waals surface area contributed by atoms with Crippen molar-refractivity contribution in [1.29, 1.82) is 0 Å². The van der Waals surface area contributed by atoms with Gasteiger partial charge in [0.05, 0.1) is 6.04 Å². The molecule has 1 amide bonds. The molecule has 1 saturated heterocycles. The van der Waals surface area contributed by atoms with E-state index in [9.17, 15) is 9.18 Å². The smallest absolute Gasteiger partial charge is 0.226 e. The molecule has 2 aromatic carbocycles. The molecule has 5 heteroatoms. The summed E-state index contributed by atoms with van der Waals surface area (Å²) >= 11 is 0. The number of amides is 1. The first-order valence-electron chi connectivity index (χ1n) is 13.5. The summed E-state index contributed by atoms with van der Waals surface area (Å²) in [5.41, 5.74) is 5.06. The van der Waals surface area contributed by atoms with Crippen molar-refractivity contribution in [2.45, 2.75) is 63.3 Å². The van der Waals surface area contributed by atoms with Crippen LogP contribution in [-0.4, -0.2) is 46.9 Å². The van der Waals surface area contributed by atoms with Gasteiger partial charge in [0.15, 0.2) is 0 Å². The van der Waals surface area contributed by atoms with Crippen molar-refractivity contribution in [3.05, 3.63) is 71.2 Å². The fourth-order valence-electron chi connectivity index (χ4n) is 6.86. The van der Waals surface area contributed by atoms with Crippen molar-refractivity contribution >= 4 is 16.8 Å². The van der Waals surface area contributed by atoms with E-state index in [0.717, 1.165) is 75.6 Å². The molecule has 3 aliphatic rings. The second-order valence-corrected chi connectivity index (χ2v) is 10.8. The van der Waals surface area contributed by atoms with E-state index in [1.807, 2.05) is 6.07 Å². The van der Waals surface area contributed by atoms with E-state index in [0.29, 0.717) is 11.8 Å². The normalized spacial score (nSPS) is 22.1. The number of hydrogen-bond donors (Lipinski definition) is 1. The third kappa shape index (κ3) is 4.51. The first kappa shape index (κ1) is 22.8. The van der Waals surface area contributed by atoms with Crippen LogP contribution in [0.2, 0.25) is 0 Å². The molecule has 2 aliphatic heterocycles. The van der Waals surface area contributed by atoms with Gasteiger partial charge >= 0.3 is 0 Å². The van der Waals surface area contributed by atoms with Gasteiger partial charge in [-0.05, 0) is 92.4 Å². The second kappa shape index (κ2) is 9.77. The highest BCUT2D eigenvalue weighted by molar-refractivity contribution is 5.83. The Bertz CT molecular complexity index is 1190. The highest BCUT2D eigenvalue weighted by Gasteiger charge is 2.35. The molecule has 1 aliphatic carbocycles. The van der Waals surface area contributed by atoms with Crippen LogP contribution in [0.4, 0.5) is 4.39 Å². The van der Waals surface area contributed by atoms with Crippen LogP contribution in [0, 0.1) is 11.7 Å². The quantitative estimate of drug-likeness (QED) is 0.480. The van der Waals surface area contributed by atoms with Crippen molar-refractivity contribution in [3.8, 4) is 0 Å². The molecule has 1 saturated carbocycles. The van der Waals surface area contributed by atoms with Gasteiger partial charge in [-0.15, -0.1) is 0 Å². The number of H-pyrrole nitrogens is 1. The number of fused-ring (bicyclic) bond motifs is 2. The predicted octanol–water partition coefficient (Wildman–Crippen LogP) is 6.19. The molecular weight excluding hydrogens is 437 g/mol. The average Bonchev–Trinajstić information content (AvgIpc) is 3.57. The number of hydrogen-bond acceptors (Lipinski definition) is 2. The van der Waals surface area contributed by atoms with E-state index in [1.165, 1.54) is 35.6 Å². The largest absolute Gasteiger partial charge is 0.361 e. The summed E-state index contributed by atoms with van der Waals surface area (Å²) in [6, 6.07) is 14.0. The standard InChI is InChI=1S/C30H36FN3O/c31-24-9-10-28-26(19-24)27(20-32-28)22-11-15-33(16-12-22)17-14-29-25-8-4-3-5-21(25)13-18-34(29)30(35)23-6-1-2-7-23/h3-5,8-10,19-20,22-23,29,32H,1-2,6-7,11-18H2.